The summed E-state index contributed by atoms with van der Waals surface area (Å²) in [6, 6.07) is 6.11. The fourth-order valence-electron chi connectivity index (χ4n) is 3.37. The van der Waals surface area contributed by atoms with Gasteiger partial charge in [0, 0.05) is 17.8 Å². The highest BCUT2D eigenvalue weighted by Gasteiger charge is 2.27. The van der Waals surface area contributed by atoms with Gasteiger partial charge in [0.15, 0.2) is 11.6 Å². The topological polar surface area (TPSA) is 139 Å². The molecule has 33 heavy (non-hydrogen) atoms. The molecule has 0 aliphatic heterocycles. The number of rotatable bonds is 7. The van der Waals surface area contributed by atoms with Crippen molar-refractivity contribution in [3.05, 3.63) is 54.1 Å². The molecule has 0 saturated heterocycles. The van der Waals surface area contributed by atoms with Gasteiger partial charge in [-0.3, -0.25) is 9.59 Å². The average molecular weight is 459 g/mol. The largest absolute Gasteiger partial charge is 0.481 e. The molecule has 1 saturated carbocycles. The molecule has 0 unspecified atom stereocenters. The molecule has 0 atom stereocenters. The molecule has 0 bridgehead atoms. The number of pyridine rings is 1. The van der Waals surface area contributed by atoms with Crippen LogP contribution in [0.3, 0.4) is 0 Å². The molecule has 0 radical (unpaired) electrons. The third-order valence-corrected chi connectivity index (χ3v) is 5.10. The van der Waals surface area contributed by atoms with Crippen LogP contribution in [0.25, 0.3) is 0 Å². The smallest absolute Gasteiger partial charge is 0.320 e. The number of nitrogens with zero attached hydrogens (tertiary/aromatic N) is 3. The molecule has 10 nitrogen and oxygen atoms in total. The maximum Gasteiger partial charge on any atom is 0.320 e. The van der Waals surface area contributed by atoms with Crippen LogP contribution in [0.15, 0.2) is 40.9 Å². The first kappa shape index (κ1) is 22.1. The molecular formula is C21H19F2N5O5. The number of amides is 1. The van der Waals surface area contributed by atoms with Crippen molar-refractivity contribution in [1.82, 2.24) is 15.2 Å². The summed E-state index contributed by atoms with van der Waals surface area (Å²) in [6.07, 6.45) is 3.68. The molecular weight excluding hydrogens is 440 g/mol. The van der Waals surface area contributed by atoms with Gasteiger partial charge in [-0.05, 0) is 43.9 Å². The molecule has 12 heteroatoms. The Hall–Kier alpha value is -4.09. The maximum absolute atomic E-state index is 13.3. The monoisotopic (exact) mass is 459 g/mol. The molecule has 2 heterocycles. The molecule has 0 spiro atoms. The summed E-state index contributed by atoms with van der Waals surface area (Å²) in [5, 5.41) is 21.4. The Bertz CT molecular complexity index is 1150. The van der Waals surface area contributed by atoms with Gasteiger partial charge in [-0.25, -0.2) is 13.8 Å². The molecule has 1 amide bonds. The number of aliphatic carboxylic acids is 1. The number of ether oxygens (including phenoxy) is 1. The van der Waals surface area contributed by atoms with Crippen molar-refractivity contribution in [3.8, 4) is 5.88 Å². The predicted octanol–water partition coefficient (Wildman–Crippen LogP) is 3.76. The summed E-state index contributed by atoms with van der Waals surface area (Å²) < 4.78 is 37.3. The fraction of sp³-hybridized carbons (Fsp3) is 0.286. The minimum absolute atomic E-state index is 0.104. The van der Waals surface area contributed by atoms with Gasteiger partial charge in [0.1, 0.15) is 6.10 Å². The number of carbonyl (C=O) groups excluding carboxylic acids is 1. The normalized spacial score (nSPS) is 17.9. The van der Waals surface area contributed by atoms with Crippen molar-refractivity contribution in [2.24, 2.45) is 5.92 Å². The van der Waals surface area contributed by atoms with E-state index >= 15 is 0 Å². The van der Waals surface area contributed by atoms with Crippen molar-refractivity contribution in [1.29, 1.82) is 0 Å². The number of carbonyl (C=O) groups is 2. The summed E-state index contributed by atoms with van der Waals surface area (Å²) in [4.78, 5) is 27.5. The van der Waals surface area contributed by atoms with E-state index in [-0.39, 0.29) is 29.6 Å². The summed E-state index contributed by atoms with van der Waals surface area (Å²) in [6.45, 7) is 0. The van der Waals surface area contributed by atoms with Crippen molar-refractivity contribution in [2.75, 3.05) is 10.6 Å². The average Bonchev–Trinajstić information content (AvgIpc) is 3.27. The van der Waals surface area contributed by atoms with Crippen LogP contribution >= 0.6 is 0 Å². The van der Waals surface area contributed by atoms with E-state index in [0.717, 1.165) is 12.1 Å². The quantitative estimate of drug-likeness (QED) is 0.482. The molecule has 1 aliphatic carbocycles. The second-order valence-electron chi connectivity index (χ2n) is 7.44. The van der Waals surface area contributed by atoms with E-state index in [2.05, 4.69) is 25.8 Å². The lowest BCUT2D eigenvalue weighted by Gasteiger charge is -2.26. The Morgan fingerprint density at radius 2 is 1.79 bits per heavy atom. The third-order valence-electron chi connectivity index (χ3n) is 5.10. The highest BCUT2D eigenvalue weighted by molar-refractivity contribution is 6.00. The fourth-order valence-corrected chi connectivity index (χ4v) is 3.37. The van der Waals surface area contributed by atoms with E-state index in [0.29, 0.717) is 37.3 Å². The van der Waals surface area contributed by atoms with Crippen molar-refractivity contribution >= 4 is 29.3 Å². The Balaban J connectivity index is 1.30. The molecule has 1 fully saturated rings. The van der Waals surface area contributed by atoms with Gasteiger partial charge in [0.25, 0.3) is 0 Å². The number of benzene rings is 1. The number of nitrogens with one attached hydrogen (secondary N) is 2. The van der Waals surface area contributed by atoms with E-state index in [4.69, 9.17) is 14.3 Å². The van der Waals surface area contributed by atoms with Gasteiger partial charge in [0.05, 0.1) is 17.8 Å². The van der Waals surface area contributed by atoms with Gasteiger partial charge >= 0.3 is 23.8 Å². The molecule has 1 aliphatic rings. The summed E-state index contributed by atoms with van der Waals surface area (Å²) in [5.74, 6) is -3.83. The molecule has 4 rings (SSSR count). The van der Waals surface area contributed by atoms with Gasteiger partial charge in [-0.1, -0.05) is 5.10 Å². The Morgan fingerprint density at radius 3 is 2.45 bits per heavy atom. The second kappa shape index (κ2) is 9.59. The highest BCUT2D eigenvalue weighted by atomic mass is 19.2. The first-order chi connectivity index (χ1) is 15.9. The van der Waals surface area contributed by atoms with Crippen molar-refractivity contribution < 1.29 is 32.6 Å². The lowest BCUT2D eigenvalue weighted by molar-refractivity contribution is -0.143. The zero-order valence-electron chi connectivity index (χ0n) is 17.1. The van der Waals surface area contributed by atoms with E-state index < -0.39 is 23.5 Å². The Morgan fingerprint density at radius 1 is 1.03 bits per heavy atom. The van der Waals surface area contributed by atoms with Crippen LogP contribution in [0, 0.1) is 17.6 Å². The standard InChI is InChI=1S/C21H19F2N5O5/c22-15-7-3-12(9-16(15)23)26-21-28-27-19(33-21)18(29)25-13-4-8-17(24-10-13)32-14-5-1-11(2-6-14)20(30)31/h3-4,7-11,14H,1-2,5-6H2,(H,25,29)(H,26,28)(H,30,31)/t11-,14-. The van der Waals surface area contributed by atoms with Crippen LogP contribution in [-0.4, -0.2) is 38.3 Å². The number of carboxylic acids is 1. The van der Waals surface area contributed by atoms with Gasteiger partial charge < -0.3 is 24.9 Å². The zero-order chi connectivity index (χ0) is 23.4. The first-order valence-electron chi connectivity index (χ1n) is 10.1. The lowest BCUT2D eigenvalue weighted by atomic mass is 9.87. The molecule has 2 aromatic heterocycles. The van der Waals surface area contributed by atoms with Crippen LogP contribution in [0.2, 0.25) is 0 Å². The minimum atomic E-state index is -1.05. The Labute approximate surface area is 186 Å². The molecule has 1 aromatic carbocycles. The van der Waals surface area contributed by atoms with E-state index in [1.165, 1.54) is 12.3 Å². The van der Waals surface area contributed by atoms with Crippen molar-refractivity contribution in [2.45, 2.75) is 31.8 Å². The van der Waals surface area contributed by atoms with Gasteiger partial charge in [-0.2, -0.15) is 0 Å². The first-order valence-corrected chi connectivity index (χ1v) is 10.1. The van der Waals surface area contributed by atoms with Crippen LogP contribution < -0.4 is 15.4 Å². The third kappa shape index (κ3) is 5.59. The van der Waals surface area contributed by atoms with E-state index in [1.54, 1.807) is 12.1 Å². The number of hydrogen-bond donors (Lipinski definition) is 3. The minimum Gasteiger partial charge on any atom is -0.481 e. The number of carboxylic acid groups (broad SMARTS) is 1. The van der Waals surface area contributed by atoms with Crippen LogP contribution in [-0.2, 0) is 4.79 Å². The van der Waals surface area contributed by atoms with Gasteiger partial charge in [-0.15, -0.1) is 5.10 Å². The van der Waals surface area contributed by atoms with Gasteiger partial charge in [0.2, 0.25) is 5.88 Å². The Kier molecular flexibility index (Phi) is 6.43. The summed E-state index contributed by atoms with van der Waals surface area (Å²) in [7, 11) is 0. The lowest BCUT2D eigenvalue weighted by Crippen LogP contribution is -2.28. The predicted molar refractivity (Wildman–Crippen MR) is 110 cm³/mol. The maximum atomic E-state index is 13.3. The number of anilines is 3. The SMILES string of the molecule is O=C(Nc1ccc(O[C@H]2CC[C@H](C(=O)O)CC2)nc1)c1nnc(Nc2ccc(F)c(F)c2)o1. The van der Waals surface area contributed by atoms with E-state index in [1.807, 2.05) is 0 Å². The van der Waals surface area contributed by atoms with Crippen LogP contribution in [0.5, 0.6) is 5.88 Å². The molecule has 172 valence electrons. The van der Waals surface area contributed by atoms with Crippen LogP contribution in [0.1, 0.15) is 36.4 Å². The second-order valence-corrected chi connectivity index (χ2v) is 7.44. The molecule has 3 N–H and O–H groups in total. The summed E-state index contributed by atoms with van der Waals surface area (Å²) in [5.41, 5.74) is 0.524. The number of aromatic nitrogens is 3. The number of halogens is 2. The van der Waals surface area contributed by atoms with Crippen LogP contribution in [0.4, 0.5) is 26.2 Å². The zero-order valence-corrected chi connectivity index (χ0v) is 17.1. The number of hydrogen-bond acceptors (Lipinski definition) is 8. The molecule has 3 aromatic rings. The van der Waals surface area contributed by atoms with E-state index in [9.17, 15) is 18.4 Å². The highest BCUT2D eigenvalue weighted by Crippen LogP contribution is 2.27. The van der Waals surface area contributed by atoms with Crippen molar-refractivity contribution in [3.63, 3.8) is 0 Å². The summed E-state index contributed by atoms with van der Waals surface area (Å²) >= 11 is 0.